The topological polar surface area (TPSA) is 3.24 Å². The molecule has 14 heavy (non-hydrogen) atoms. The van der Waals surface area contributed by atoms with Gasteiger partial charge in [-0.1, -0.05) is 38.6 Å². The van der Waals surface area contributed by atoms with E-state index in [1.165, 1.54) is 16.7 Å². The van der Waals surface area contributed by atoms with Crippen LogP contribution < -0.4 is 0 Å². The van der Waals surface area contributed by atoms with Crippen molar-refractivity contribution in [3.05, 3.63) is 41.5 Å². The van der Waals surface area contributed by atoms with Crippen molar-refractivity contribution in [1.82, 2.24) is 4.90 Å². The summed E-state index contributed by atoms with van der Waals surface area (Å²) in [6.07, 6.45) is 0. The van der Waals surface area contributed by atoms with E-state index < -0.39 is 0 Å². The van der Waals surface area contributed by atoms with E-state index in [2.05, 4.69) is 50.6 Å². The molecule has 1 aromatic carbocycles. The van der Waals surface area contributed by atoms with E-state index in [-0.39, 0.29) is 0 Å². The van der Waals surface area contributed by atoms with Crippen LogP contribution in [0.25, 0.3) is 5.70 Å². The summed E-state index contributed by atoms with van der Waals surface area (Å²) in [5.74, 6) is 0.601. The molecular formula is C13H17N. The lowest BCUT2D eigenvalue weighted by molar-refractivity contribution is 0.499. The van der Waals surface area contributed by atoms with Gasteiger partial charge in [0.15, 0.2) is 0 Å². The number of benzene rings is 1. The SMILES string of the molecule is C=C1c2cccc(C(C)C)c2CN1C. The Morgan fingerprint density at radius 1 is 1.36 bits per heavy atom. The molecule has 1 aliphatic heterocycles. The molecule has 0 unspecified atom stereocenters. The lowest BCUT2D eigenvalue weighted by Gasteiger charge is -2.11. The van der Waals surface area contributed by atoms with Crippen molar-refractivity contribution >= 4 is 5.70 Å². The summed E-state index contributed by atoms with van der Waals surface area (Å²) < 4.78 is 0. The van der Waals surface area contributed by atoms with E-state index in [4.69, 9.17) is 0 Å². The van der Waals surface area contributed by atoms with Crippen molar-refractivity contribution in [1.29, 1.82) is 0 Å². The van der Waals surface area contributed by atoms with E-state index in [1.54, 1.807) is 0 Å². The summed E-state index contributed by atoms with van der Waals surface area (Å²) in [7, 11) is 2.10. The first-order chi connectivity index (χ1) is 6.61. The lowest BCUT2D eigenvalue weighted by atomic mass is 9.94. The fourth-order valence-corrected chi connectivity index (χ4v) is 2.13. The Morgan fingerprint density at radius 2 is 2.07 bits per heavy atom. The third kappa shape index (κ3) is 1.24. The highest BCUT2D eigenvalue weighted by Gasteiger charge is 2.22. The fourth-order valence-electron chi connectivity index (χ4n) is 2.13. The van der Waals surface area contributed by atoms with Gasteiger partial charge in [0.05, 0.1) is 0 Å². The third-order valence-corrected chi connectivity index (χ3v) is 3.00. The van der Waals surface area contributed by atoms with Gasteiger partial charge >= 0.3 is 0 Å². The molecule has 0 fully saturated rings. The maximum absolute atomic E-state index is 4.10. The van der Waals surface area contributed by atoms with Gasteiger partial charge in [-0.15, -0.1) is 0 Å². The van der Waals surface area contributed by atoms with Crippen molar-refractivity contribution in [2.75, 3.05) is 7.05 Å². The first-order valence-corrected chi connectivity index (χ1v) is 5.13. The van der Waals surface area contributed by atoms with Crippen LogP contribution in [-0.2, 0) is 6.54 Å². The largest absolute Gasteiger partial charge is 0.370 e. The highest BCUT2D eigenvalue weighted by molar-refractivity contribution is 5.70. The lowest BCUT2D eigenvalue weighted by Crippen LogP contribution is -2.06. The molecule has 0 radical (unpaired) electrons. The Labute approximate surface area is 86.1 Å². The predicted molar refractivity (Wildman–Crippen MR) is 61.0 cm³/mol. The molecular weight excluding hydrogens is 170 g/mol. The molecule has 2 rings (SSSR count). The van der Waals surface area contributed by atoms with Crippen LogP contribution in [0.1, 0.15) is 36.5 Å². The minimum absolute atomic E-state index is 0.601. The van der Waals surface area contributed by atoms with Gasteiger partial charge in [0, 0.05) is 24.9 Å². The maximum atomic E-state index is 4.10. The Bertz CT molecular complexity index is 377. The molecule has 1 heteroatoms. The van der Waals surface area contributed by atoms with Gasteiger partial charge in [-0.25, -0.2) is 0 Å². The van der Waals surface area contributed by atoms with Gasteiger partial charge in [-0.2, -0.15) is 0 Å². The van der Waals surface area contributed by atoms with Crippen LogP contribution in [0, 0.1) is 0 Å². The molecule has 74 valence electrons. The molecule has 1 nitrogen and oxygen atoms in total. The molecule has 0 aliphatic carbocycles. The molecule has 0 N–H and O–H groups in total. The Hall–Kier alpha value is -1.24. The summed E-state index contributed by atoms with van der Waals surface area (Å²) in [6, 6.07) is 6.54. The minimum atomic E-state index is 0.601. The molecule has 0 saturated carbocycles. The first-order valence-electron chi connectivity index (χ1n) is 5.13. The van der Waals surface area contributed by atoms with Crippen LogP contribution in [0.2, 0.25) is 0 Å². The highest BCUT2D eigenvalue weighted by Crippen LogP contribution is 2.34. The van der Waals surface area contributed by atoms with Gasteiger partial charge in [0.1, 0.15) is 0 Å². The second kappa shape index (κ2) is 3.16. The minimum Gasteiger partial charge on any atom is -0.370 e. The van der Waals surface area contributed by atoms with Crippen LogP contribution in [0.4, 0.5) is 0 Å². The number of hydrogen-bond donors (Lipinski definition) is 0. The van der Waals surface area contributed by atoms with Crippen molar-refractivity contribution in [2.45, 2.75) is 26.3 Å². The van der Waals surface area contributed by atoms with Crippen LogP contribution in [-0.4, -0.2) is 11.9 Å². The zero-order chi connectivity index (χ0) is 10.3. The third-order valence-electron chi connectivity index (χ3n) is 3.00. The molecule has 0 spiro atoms. The molecule has 0 saturated heterocycles. The summed E-state index contributed by atoms with van der Waals surface area (Å²) in [4.78, 5) is 2.22. The summed E-state index contributed by atoms with van der Waals surface area (Å²) in [6.45, 7) is 9.61. The van der Waals surface area contributed by atoms with Crippen LogP contribution >= 0.6 is 0 Å². The summed E-state index contributed by atoms with van der Waals surface area (Å²) >= 11 is 0. The molecule has 1 heterocycles. The van der Waals surface area contributed by atoms with Gasteiger partial charge < -0.3 is 4.90 Å². The van der Waals surface area contributed by atoms with Crippen LogP contribution in [0.3, 0.4) is 0 Å². The van der Waals surface area contributed by atoms with Gasteiger partial charge in [-0.05, 0) is 17.0 Å². The van der Waals surface area contributed by atoms with E-state index in [9.17, 15) is 0 Å². The average molecular weight is 187 g/mol. The van der Waals surface area contributed by atoms with E-state index in [1.807, 2.05) is 0 Å². The normalized spacial score (nSPS) is 15.1. The molecule has 1 aromatic rings. The van der Waals surface area contributed by atoms with Crippen molar-refractivity contribution in [3.63, 3.8) is 0 Å². The standard InChI is InChI=1S/C13H17N/c1-9(2)11-6-5-7-12-10(3)14(4)8-13(11)12/h5-7,9H,3,8H2,1-2,4H3. The maximum Gasteiger partial charge on any atom is 0.0435 e. The zero-order valence-corrected chi connectivity index (χ0v) is 9.17. The van der Waals surface area contributed by atoms with E-state index in [0.29, 0.717) is 5.92 Å². The fraction of sp³-hybridized carbons (Fsp3) is 0.385. The van der Waals surface area contributed by atoms with Crippen molar-refractivity contribution < 1.29 is 0 Å². The molecule has 0 amide bonds. The monoisotopic (exact) mass is 187 g/mol. The number of rotatable bonds is 1. The first kappa shape index (κ1) is 9.32. The Kier molecular flexibility index (Phi) is 2.10. The van der Waals surface area contributed by atoms with Gasteiger partial charge in [-0.3, -0.25) is 0 Å². The zero-order valence-electron chi connectivity index (χ0n) is 9.17. The molecule has 1 aliphatic rings. The van der Waals surface area contributed by atoms with Crippen LogP contribution in [0.5, 0.6) is 0 Å². The Morgan fingerprint density at radius 3 is 2.71 bits per heavy atom. The number of hydrogen-bond acceptors (Lipinski definition) is 1. The van der Waals surface area contributed by atoms with E-state index in [0.717, 1.165) is 12.2 Å². The number of nitrogens with zero attached hydrogens (tertiary/aromatic N) is 1. The van der Waals surface area contributed by atoms with Crippen molar-refractivity contribution in [3.8, 4) is 0 Å². The van der Waals surface area contributed by atoms with Gasteiger partial charge in [0.2, 0.25) is 0 Å². The van der Waals surface area contributed by atoms with Gasteiger partial charge in [0.25, 0.3) is 0 Å². The molecule has 0 aromatic heterocycles. The average Bonchev–Trinajstić information content (AvgIpc) is 2.43. The summed E-state index contributed by atoms with van der Waals surface area (Å²) in [5, 5.41) is 0. The van der Waals surface area contributed by atoms with E-state index >= 15 is 0 Å². The van der Waals surface area contributed by atoms with Crippen LogP contribution in [0.15, 0.2) is 24.8 Å². The second-order valence-corrected chi connectivity index (χ2v) is 4.33. The Balaban J connectivity index is 2.56. The quantitative estimate of drug-likeness (QED) is 0.652. The second-order valence-electron chi connectivity index (χ2n) is 4.33. The molecule has 0 atom stereocenters. The highest BCUT2D eigenvalue weighted by atomic mass is 15.1. The predicted octanol–water partition coefficient (Wildman–Crippen LogP) is 3.23. The smallest absolute Gasteiger partial charge is 0.0435 e. The summed E-state index contributed by atoms with van der Waals surface area (Å²) in [5.41, 5.74) is 5.42. The van der Waals surface area contributed by atoms with Crippen molar-refractivity contribution in [2.24, 2.45) is 0 Å². The number of fused-ring (bicyclic) bond motifs is 1. The molecule has 0 bridgehead atoms.